The molecular weight excluding hydrogens is 240 g/mol. The predicted molar refractivity (Wildman–Crippen MR) is 80.3 cm³/mol. The van der Waals surface area contributed by atoms with Crippen molar-refractivity contribution in [1.82, 2.24) is 10.2 Å². The minimum absolute atomic E-state index is 0.815. The first kappa shape index (κ1) is 13.3. The van der Waals surface area contributed by atoms with E-state index in [0.29, 0.717) is 0 Å². The summed E-state index contributed by atoms with van der Waals surface area (Å²) in [5.74, 6) is 1.41. The van der Waals surface area contributed by atoms with Gasteiger partial charge < -0.3 is 5.32 Å². The lowest BCUT2D eigenvalue weighted by molar-refractivity contribution is 0.117. The fourth-order valence-corrected chi connectivity index (χ4v) is 5.39. The lowest BCUT2D eigenvalue weighted by Crippen LogP contribution is -2.50. The van der Waals surface area contributed by atoms with Crippen molar-refractivity contribution >= 4 is 11.8 Å². The number of hydrogen-bond donors (Lipinski definition) is 1. The molecule has 2 bridgehead atoms. The molecule has 0 aromatic heterocycles. The zero-order valence-corrected chi connectivity index (χ0v) is 12.6. The van der Waals surface area contributed by atoms with Gasteiger partial charge in [0.1, 0.15) is 0 Å². The zero-order valence-electron chi connectivity index (χ0n) is 11.7. The molecule has 0 aliphatic carbocycles. The molecule has 3 saturated heterocycles. The number of piperidine rings is 1. The van der Waals surface area contributed by atoms with Gasteiger partial charge in [-0.25, -0.2) is 0 Å². The monoisotopic (exact) mass is 268 g/mol. The molecule has 3 rings (SSSR count). The lowest BCUT2D eigenvalue weighted by atomic mass is 9.96. The third-order valence-corrected chi connectivity index (χ3v) is 6.39. The van der Waals surface area contributed by atoms with E-state index in [-0.39, 0.29) is 0 Å². The SMILES string of the molecule is CCCNC1CC2CCC(C1)N2CC1CCCS1. The molecule has 0 spiro atoms. The first-order chi connectivity index (χ1) is 8.86. The summed E-state index contributed by atoms with van der Waals surface area (Å²) in [5.41, 5.74) is 0. The Labute approximate surface area is 116 Å². The van der Waals surface area contributed by atoms with E-state index >= 15 is 0 Å². The molecule has 0 saturated carbocycles. The van der Waals surface area contributed by atoms with Gasteiger partial charge in [-0.2, -0.15) is 11.8 Å². The van der Waals surface area contributed by atoms with Gasteiger partial charge in [0.2, 0.25) is 0 Å². The van der Waals surface area contributed by atoms with E-state index in [1.165, 1.54) is 63.8 Å². The molecule has 3 atom stereocenters. The first-order valence-electron chi connectivity index (χ1n) is 7.97. The number of rotatable bonds is 5. The van der Waals surface area contributed by atoms with Crippen molar-refractivity contribution in [3.05, 3.63) is 0 Å². The maximum Gasteiger partial charge on any atom is 0.0175 e. The number of nitrogens with zero attached hydrogens (tertiary/aromatic N) is 1. The highest BCUT2D eigenvalue weighted by molar-refractivity contribution is 8.00. The Kier molecular flexibility index (Phi) is 4.53. The normalized spacial score (nSPS) is 40.5. The number of nitrogens with one attached hydrogen (secondary N) is 1. The maximum atomic E-state index is 3.75. The number of fused-ring (bicyclic) bond motifs is 2. The highest BCUT2D eigenvalue weighted by Gasteiger charge is 2.41. The van der Waals surface area contributed by atoms with Gasteiger partial charge in [-0.3, -0.25) is 4.90 Å². The van der Waals surface area contributed by atoms with Crippen molar-refractivity contribution in [3.8, 4) is 0 Å². The molecule has 3 aliphatic heterocycles. The van der Waals surface area contributed by atoms with Crippen LogP contribution in [0.3, 0.4) is 0 Å². The van der Waals surface area contributed by atoms with E-state index in [0.717, 1.165) is 23.4 Å². The molecule has 3 unspecified atom stereocenters. The predicted octanol–water partition coefficient (Wildman–Crippen LogP) is 2.88. The van der Waals surface area contributed by atoms with Gasteiger partial charge in [0.05, 0.1) is 0 Å². The minimum atomic E-state index is 0.815. The molecule has 3 aliphatic rings. The Morgan fingerprint density at radius 1 is 1.17 bits per heavy atom. The standard InChI is InChI=1S/C15H28N2S/c1-2-7-16-12-9-13-5-6-14(10-12)17(13)11-15-4-3-8-18-15/h12-16H,2-11H2,1H3. The van der Waals surface area contributed by atoms with Crippen LogP contribution < -0.4 is 5.32 Å². The highest BCUT2D eigenvalue weighted by atomic mass is 32.2. The van der Waals surface area contributed by atoms with Crippen LogP contribution in [-0.4, -0.2) is 47.1 Å². The molecule has 0 aromatic carbocycles. The fourth-order valence-electron chi connectivity index (χ4n) is 4.11. The average Bonchev–Trinajstić information content (AvgIpc) is 2.95. The van der Waals surface area contributed by atoms with Gasteiger partial charge in [-0.15, -0.1) is 0 Å². The van der Waals surface area contributed by atoms with E-state index in [4.69, 9.17) is 0 Å². The van der Waals surface area contributed by atoms with E-state index in [1.807, 2.05) is 0 Å². The Balaban J connectivity index is 1.52. The van der Waals surface area contributed by atoms with Gasteiger partial charge in [-0.1, -0.05) is 6.92 Å². The van der Waals surface area contributed by atoms with E-state index in [9.17, 15) is 0 Å². The van der Waals surface area contributed by atoms with Gasteiger partial charge in [0.15, 0.2) is 0 Å². The summed E-state index contributed by atoms with van der Waals surface area (Å²) in [6.45, 7) is 4.87. The topological polar surface area (TPSA) is 15.3 Å². The smallest absolute Gasteiger partial charge is 0.0175 e. The summed E-state index contributed by atoms with van der Waals surface area (Å²) >= 11 is 2.23. The van der Waals surface area contributed by atoms with Crippen LogP contribution in [0.15, 0.2) is 0 Å². The molecule has 3 heterocycles. The molecule has 18 heavy (non-hydrogen) atoms. The van der Waals surface area contributed by atoms with E-state index < -0.39 is 0 Å². The molecule has 3 fully saturated rings. The summed E-state index contributed by atoms with van der Waals surface area (Å²) in [6, 6.07) is 2.62. The van der Waals surface area contributed by atoms with Gasteiger partial charge in [-0.05, 0) is 57.2 Å². The van der Waals surface area contributed by atoms with Crippen LogP contribution in [0.5, 0.6) is 0 Å². The zero-order chi connectivity index (χ0) is 12.4. The van der Waals surface area contributed by atoms with Crippen LogP contribution in [0, 0.1) is 0 Å². The molecule has 3 heteroatoms. The maximum absolute atomic E-state index is 3.75. The second kappa shape index (κ2) is 6.15. The third-order valence-electron chi connectivity index (χ3n) is 5.01. The average molecular weight is 268 g/mol. The largest absolute Gasteiger partial charge is 0.314 e. The molecule has 2 nitrogen and oxygen atoms in total. The van der Waals surface area contributed by atoms with Gasteiger partial charge in [0, 0.05) is 29.9 Å². The molecule has 0 aromatic rings. The van der Waals surface area contributed by atoms with E-state index in [2.05, 4.69) is 28.9 Å². The Morgan fingerprint density at radius 2 is 1.94 bits per heavy atom. The second-order valence-electron chi connectivity index (χ2n) is 6.34. The van der Waals surface area contributed by atoms with Crippen LogP contribution >= 0.6 is 11.8 Å². The first-order valence-corrected chi connectivity index (χ1v) is 9.02. The quantitative estimate of drug-likeness (QED) is 0.825. The Hall–Kier alpha value is 0.270. The second-order valence-corrected chi connectivity index (χ2v) is 7.75. The Bertz CT molecular complexity index is 251. The fraction of sp³-hybridized carbons (Fsp3) is 1.00. The Morgan fingerprint density at radius 3 is 2.56 bits per heavy atom. The van der Waals surface area contributed by atoms with E-state index in [1.54, 1.807) is 0 Å². The van der Waals surface area contributed by atoms with Gasteiger partial charge in [0.25, 0.3) is 0 Å². The van der Waals surface area contributed by atoms with Crippen molar-refractivity contribution < 1.29 is 0 Å². The number of thioether (sulfide) groups is 1. The summed E-state index contributed by atoms with van der Waals surface area (Å²) in [7, 11) is 0. The van der Waals surface area contributed by atoms with Crippen molar-refractivity contribution in [2.24, 2.45) is 0 Å². The molecule has 1 N–H and O–H groups in total. The van der Waals surface area contributed by atoms with Crippen molar-refractivity contribution in [2.45, 2.75) is 75.2 Å². The summed E-state index contributed by atoms with van der Waals surface area (Å²) in [6.07, 6.45) is 9.95. The number of hydrogen-bond acceptors (Lipinski definition) is 3. The van der Waals surface area contributed by atoms with Crippen LogP contribution in [0.2, 0.25) is 0 Å². The molecule has 0 amide bonds. The van der Waals surface area contributed by atoms with Crippen molar-refractivity contribution in [1.29, 1.82) is 0 Å². The third kappa shape index (κ3) is 2.88. The van der Waals surface area contributed by atoms with Crippen LogP contribution in [0.1, 0.15) is 51.9 Å². The summed E-state index contributed by atoms with van der Waals surface area (Å²) in [5, 5.41) is 4.71. The van der Waals surface area contributed by atoms with Crippen molar-refractivity contribution in [3.63, 3.8) is 0 Å². The minimum Gasteiger partial charge on any atom is -0.314 e. The van der Waals surface area contributed by atoms with Crippen LogP contribution in [-0.2, 0) is 0 Å². The molecule has 0 radical (unpaired) electrons. The summed E-state index contributed by atoms with van der Waals surface area (Å²) < 4.78 is 0. The molecule has 104 valence electrons. The van der Waals surface area contributed by atoms with Gasteiger partial charge >= 0.3 is 0 Å². The van der Waals surface area contributed by atoms with Crippen molar-refractivity contribution in [2.75, 3.05) is 18.8 Å². The lowest BCUT2D eigenvalue weighted by Gasteiger charge is -2.40. The highest BCUT2D eigenvalue weighted by Crippen LogP contribution is 2.38. The molecular formula is C15H28N2S. The van der Waals surface area contributed by atoms with Crippen LogP contribution in [0.4, 0.5) is 0 Å². The van der Waals surface area contributed by atoms with Crippen LogP contribution in [0.25, 0.3) is 0 Å². The summed E-state index contributed by atoms with van der Waals surface area (Å²) in [4.78, 5) is 2.88.